The van der Waals surface area contributed by atoms with Crippen LogP contribution in [0, 0.1) is 0 Å². The van der Waals surface area contributed by atoms with Crippen LogP contribution in [0.15, 0.2) is 36.9 Å². The molecule has 1 aromatic carbocycles. The molecule has 2 N–H and O–H groups in total. The van der Waals surface area contributed by atoms with Crippen molar-refractivity contribution in [1.82, 2.24) is 15.8 Å². The van der Waals surface area contributed by atoms with Gasteiger partial charge in [0.15, 0.2) is 5.11 Å². The van der Waals surface area contributed by atoms with Gasteiger partial charge in [0.05, 0.1) is 7.11 Å². The van der Waals surface area contributed by atoms with Gasteiger partial charge in [-0.3, -0.25) is 5.43 Å². The van der Waals surface area contributed by atoms with Gasteiger partial charge in [-0.2, -0.15) is 0 Å². The zero-order valence-electron chi connectivity index (χ0n) is 9.64. The van der Waals surface area contributed by atoms with Crippen LogP contribution in [0.3, 0.4) is 0 Å². The highest BCUT2D eigenvalue weighted by Crippen LogP contribution is 2.28. The molecule has 17 heavy (non-hydrogen) atoms. The molecule has 1 saturated heterocycles. The van der Waals surface area contributed by atoms with E-state index in [9.17, 15) is 0 Å². The molecule has 2 rings (SSSR count). The van der Waals surface area contributed by atoms with Crippen LogP contribution in [-0.4, -0.2) is 23.7 Å². The first-order chi connectivity index (χ1) is 8.27. The minimum atomic E-state index is -0.0309. The van der Waals surface area contributed by atoms with Gasteiger partial charge in [-0.25, -0.2) is 5.43 Å². The summed E-state index contributed by atoms with van der Waals surface area (Å²) in [6, 6.07) is 7.88. The summed E-state index contributed by atoms with van der Waals surface area (Å²) in [7, 11) is 1.66. The second kappa shape index (κ2) is 5.16. The summed E-state index contributed by atoms with van der Waals surface area (Å²) in [5, 5.41) is 0.667. The normalized spacial score (nSPS) is 19.0. The van der Waals surface area contributed by atoms with E-state index < -0.39 is 0 Å². The lowest BCUT2D eigenvalue weighted by Gasteiger charge is -2.24. The fourth-order valence-electron chi connectivity index (χ4n) is 1.86. The van der Waals surface area contributed by atoms with Gasteiger partial charge in [-0.05, 0) is 18.3 Å². The molecule has 1 aliphatic rings. The number of ether oxygens (including phenoxy) is 1. The lowest BCUT2D eigenvalue weighted by Crippen LogP contribution is -2.30. The van der Waals surface area contributed by atoms with Crippen molar-refractivity contribution in [3.05, 3.63) is 42.5 Å². The Morgan fingerprint density at radius 1 is 1.53 bits per heavy atom. The van der Waals surface area contributed by atoms with E-state index >= 15 is 0 Å². The average Bonchev–Trinajstić information content (AvgIpc) is 2.72. The zero-order valence-corrected chi connectivity index (χ0v) is 10.5. The van der Waals surface area contributed by atoms with Gasteiger partial charge in [0, 0.05) is 12.1 Å². The lowest BCUT2D eigenvalue weighted by molar-refractivity contribution is 0.323. The van der Waals surface area contributed by atoms with Crippen LogP contribution in [0.25, 0.3) is 0 Å². The van der Waals surface area contributed by atoms with Gasteiger partial charge in [-0.1, -0.05) is 24.3 Å². The standard InChI is InChI=1S/C12H15N3OS/c1-3-8-15-11(13-14-12(15)17)9-6-4-5-7-10(9)16-2/h3-7,11,13H,1,8H2,2H3,(H,14,17). The fourth-order valence-corrected chi connectivity index (χ4v) is 2.10. The van der Waals surface area contributed by atoms with Gasteiger partial charge in [0.2, 0.25) is 0 Å². The second-order valence-electron chi connectivity index (χ2n) is 3.66. The van der Waals surface area contributed by atoms with Crippen LogP contribution in [0.5, 0.6) is 5.75 Å². The van der Waals surface area contributed by atoms with Gasteiger partial charge in [-0.15, -0.1) is 6.58 Å². The first kappa shape index (κ1) is 11.9. The van der Waals surface area contributed by atoms with Crippen molar-refractivity contribution in [3.63, 3.8) is 0 Å². The van der Waals surface area contributed by atoms with Crippen LogP contribution in [0.2, 0.25) is 0 Å². The van der Waals surface area contributed by atoms with E-state index in [4.69, 9.17) is 17.0 Å². The lowest BCUT2D eigenvalue weighted by atomic mass is 10.1. The van der Waals surface area contributed by atoms with Crippen LogP contribution in [0.1, 0.15) is 11.7 Å². The third kappa shape index (κ3) is 2.25. The number of thiocarbonyl (C=S) groups is 1. The number of hydrazine groups is 1. The Morgan fingerprint density at radius 3 is 3.00 bits per heavy atom. The summed E-state index contributed by atoms with van der Waals surface area (Å²) in [5.41, 5.74) is 7.14. The number of benzene rings is 1. The Balaban J connectivity index is 2.32. The highest BCUT2D eigenvalue weighted by atomic mass is 32.1. The molecule has 5 heteroatoms. The molecular weight excluding hydrogens is 234 g/mol. The first-order valence-corrected chi connectivity index (χ1v) is 5.74. The highest BCUT2D eigenvalue weighted by molar-refractivity contribution is 7.80. The van der Waals surface area contributed by atoms with Crippen LogP contribution >= 0.6 is 12.2 Å². The smallest absolute Gasteiger partial charge is 0.185 e. The molecule has 1 atom stereocenters. The zero-order chi connectivity index (χ0) is 12.3. The minimum absolute atomic E-state index is 0.0309. The van der Waals surface area contributed by atoms with E-state index in [0.717, 1.165) is 11.3 Å². The summed E-state index contributed by atoms with van der Waals surface area (Å²) in [6.07, 6.45) is 1.79. The summed E-state index contributed by atoms with van der Waals surface area (Å²) < 4.78 is 5.36. The van der Waals surface area contributed by atoms with Gasteiger partial charge in [0.1, 0.15) is 11.9 Å². The Morgan fingerprint density at radius 2 is 2.29 bits per heavy atom. The molecule has 1 heterocycles. The molecule has 1 aromatic rings. The summed E-state index contributed by atoms with van der Waals surface area (Å²) >= 11 is 5.23. The molecule has 0 aromatic heterocycles. The van der Waals surface area contributed by atoms with Crippen LogP contribution < -0.4 is 15.6 Å². The molecule has 0 aliphatic carbocycles. The van der Waals surface area contributed by atoms with Crippen molar-refractivity contribution in [2.45, 2.75) is 6.17 Å². The highest BCUT2D eigenvalue weighted by Gasteiger charge is 2.29. The van der Waals surface area contributed by atoms with Crippen molar-refractivity contribution in [1.29, 1.82) is 0 Å². The second-order valence-corrected chi connectivity index (χ2v) is 4.05. The topological polar surface area (TPSA) is 36.5 Å². The molecule has 0 bridgehead atoms. The quantitative estimate of drug-likeness (QED) is 0.626. The van der Waals surface area contributed by atoms with Gasteiger partial charge in [0.25, 0.3) is 0 Å². The fraction of sp³-hybridized carbons (Fsp3) is 0.250. The molecule has 1 aliphatic heterocycles. The molecule has 0 spiro atoms. The molecule has 0 amide bonds. The SMILES string of the molecule is C=CCN1C(=S)NNC1c1ccccc1OC. The third-order valence-corrected chi connectivity index (χ3v) is 2.98. The predicted octanol–water partition coefficient (Wildman–Crippen LogP) is 1.57. The molecule has 0 saturated carbocycles. The monoisotopic (exact) mass is 249 g/mol. The number of methoxy groups -OCH3 is 1. The maximum atomic E-state index is 5.36. The summed E-state index contributed by atoms with van der Waals surface area (Å²) in [4.78, 5) is 2.01. The molecule has 0 radical (unpaired) electrons. The van der Waals surface area contributed by atoms with E-state index in [2.05, 4.69) is 17.4 Å². The minimum Gasteiger partial charge on any atom is -0.496 e. The molecule has 1 unspecified atom stereocenters. The predicted molar refractivity (Wildman–Crippen MR) is 71.5 cm³/mol. The van der Waals surface area contributed by atoms with Gasteiger partial charge < -0.3 is 9.64 Å². The average molecular weight is 249 g/mol. The van der Waals surface area contributed by atoms with Crippen molar-refractivity contribution >= 4 is 17.3 Å². The van der Waals surface area contributed by atoms with E-state index in [1.54, 1.807) is 7.11 Å². The first-order valence-electron chi connectivity index (χ1n) is 5.34. The van der Waals surface area contributed by atoms with Crippen molar-refractivity contribution in [2.75, 3.05) is 13.7 Å². The maximum absolute atomic E-state index is 5.36. The Bertz CT molecular complexity index is 436. The van der Waals surface area contributed by atoms with E-state index in [1.165, 1.54) is 0 Å². The summed E-state index contributed by atoms with van der Waals surface area (Å²) in [6.45, 7) is 4.42. The molecule has 1 fully saturated rings. The molecular formula is C12H15N3OS. The number of para-hydroxylation sites is 1. The largest absolute Gasteiger partial charge is 0.496 e. The number of rotatable bonds is 4. The summed E-state index contributed by atoms with van der Waals surface area (Å²) in [5.74, 6) is 0.838. The van der Waals surface area contributed by atoms with Crippen molar-refractivity contribution < 1.29 is 4.74 Å². The number of nitrogens with zero attached hydrogens (tertiary/aromatic N) is 1. The molecule has 4 nitrogen and oxygen atoms in total. The Kier molecular flexibility index (Phi) is 3.61. The number of hydrogen-bond acceptors (Lipinski definition) is 3. The Labute approximate surface area is 106 Å². The number of hydrogen-bond donors (Lipinski definition) is 2. The van der Waals surface area contributed by atoms with E-state index in [0.29, 0.717) is 11.7 Å². The van der Waals surface area contributed by atoms with E-state index in [1.807, 2.05) is 35.2 Å². The van der Waals surface area contributed by atoms with Crippen molar-refractivity contribution in [3.8, 4) is 5.75 Å². The van der Waals surface area contributed by atoms with Crippen molar-refractivity contribution in [2.24, 2.45) is 0 Å². The van der Waals surface area contributed by atoms with Crippen LogP contribution in [-0.2, 0) is 0 Å². The Hall–Kier alpha value is -1.59. The maximum Gasteiger partial charge on any atom is 0.185 e. The van der Waals surface area contributed by atoms with Gasteiger partial charge >= 0.3 is 0 Å². The van der Waals surface area contributed by atoms with Crippen LogP contribution in [0.4, 0.5) is 0 Å². The van der Waals surface area contributed by atoms with E-state index in [-0.39, 0.29) is 6.17 Å². The molecule has 90 valence electrons. The third-order valence-electron chi connectivity index (χ3n) is 2.65. The number of nitrogens with one attached hydrogen (secondary N) is 2.